The fraction of sp³-hybridized carbons (Fsp3) is 0.786. The second-order valence-electron chi connectivity index (χ2n) is 5.09. The molecule has 1 aliphatic heterocycles. The Hall–Kier alpha value is 0.160. The number of rotatable bonds is 5. The van der Waals surface area contributed by atoms with E-state index in [0.29, 0.717) is 21.9 Å². The highest BCUT2D eigenvalue weighted by molar-refractivity contribution is 8.07. The van der Waals surface area contributed by atoms with E-state index < -0.39 is 0 Å². The number of aryl methyl sites for hydroxylation is 2. The van der Waals surface area contributed by atoms with E-state index in [1.807, 2.05) is 35.1 Å². The zero-order valence-electron chi connectivity index (χ0n) is 12.3. The number of hydrogen-bond acceptors (Lipinski definition) is 4. The lowest BCUT2D eigenvalue weighted by Crippen LogP contribution is -2.37. The molecule has 6 heteroatoms. The quantitative estimate of drug-likeness (QED) is 0.895. The topological polar surface area (TPSA) is 38.1 Å². The first-order valence-electron chi connectivity index (χ1n) is 7.21. The van der Waals surface area contributed by atoms with Crippen molar-refractivity contribution in [3.05, 3.63) is 16.4 Å². The minimum atomic E-state index is -0.350. The maximum atomic E-state index is 10.6. The molecule has 2 rings (SSSR count). The van der Waals surface area contributed by atoms with Gasteiger partial charge in [-0.25, -0.2) is 0 Å². The molecule has 3 nitrogen and oxygen atoms in total. The first-order chi connectivity index (χ1) is 9.58. The molecule has 0 aromatic carbocycles. The fourth-order valence-corrected chi connectivity index (χ4v) is 6.03. The molecule has 0 spiro atoms. The van der Waals surface area contributed by atoms with E-state index in [-0.39, 0.29) is 6.10 Å². The van der Waals surface area contributed by atoms with E-state index in [0.717, 1.165) is 30.1 Å². The minimum absolute atomic E-state index is 0.301. The van der Waals surface area contributed by atoms with Gasteiger partial charge in [0.15, 0.2) is 0 Å². The van der Waals surface area contributed by atoms with Gasteiger partial charge in [-0.05, 0) is 20.3 Å². The molecule has 3 atom stereocenters. The van der Waals surface area contributed by atoms with Gasteiger partial charge < -0.3 is 5.11 Å². The summed E-state index contributed by atoms with van der Waals surface area (Å²) in [5, 5.41) is 16.6. The van der Waals surface area contributed by atoms with Crippen LogP contribution in [0.15, 0.2) is 0 Å². The van der Waals surface area contributed by atoms with Gasteiger partial charge in [-0.15, -0.1) is 0 Å². The summed E-state index contributed by atoms with van der Waals surface area (Å²) in [4.78, 5) is 0. The van der Waals surface area contributed by atoms with Gasteiger partial charge in [-0.3, -0.25) is 4.68 Å². The van der Waals surface area contributed by atoms with Crippen molar-refractivity contribution < 1.29 is 5.11 Å². The van der Waals surface area contributed by atoms with Crippen molar-refractivity contribution in [2.24, 2.45) is 0 Å². The van der Waals surface area contributed by atoms with Crippen molar-refractivity contribution in [3.8, 4) is 0 Å². The molecule has 0 aliphatic carbocycles. The van der Waals surface area contributed by atoms with Crippen molar-refractivity contribution in [2.75, 3.05) is 11.5 Å². The predicted molar refractivity (Wildman–Crippen MR) is 90.1 cm³/mol. The Morgan fingerprint density at radius 3 is 2.75 bits per heavy atom. The van der Waals surface area contributed by atoms with Crippen LogP contribution in [0.4, 0.5) is 0 Å². The molecule has 1 saturated heterocycles. The molecule has 0 saturated carbocycles. The van der Waals surface area contributed by atoms with Crippen LogP contribution >= 0.6 is 35.1 Å². The van der Waals surface area contributed by atoms with Crippen molar-refractivity contribution in [3.63, 3.8) is 0 Å². The van der Waals surface area contributed by atoms with E-state index in [2.05, 4.69) is 18.9 Å². The van der Waals surface area contributed by atoms with Crippen molar-refractivity contribution in [1.82, 2.24) is 9.78 Å². The lowest BCUT2D eigenvalue weighted by Gasteiger charge is -2.33. The number of thioether (sulfide) groups is 2. The maximum absolute atomic E-state index is 10.6. The van der Waals surface area contributed by atoms with Crippen LogP contribution in [-0.4, -0.2) is 43.0 Å². The summed E-state index contributed by atoms with van der Waals surface area (Å²) in [5.74, 6) is 2.32. The summed E-state index contributed by atoms with van der Waals surface area (Å²) in [6, 6.07) is 0. The normalized spacial score (nSPS) is 24.9. The van der Waals surface area contributed by atoms with Gasteiger partial charge in [0.05, 0.1) is 22.5 Å². The van der Waals surface area contributed by atoms with Crippen molar-refractivity contribution >= 4 is 35.1 Å². The molecule has 0 bridgehead atoms. The van der Waals surface area contributed by atoms with Crippen LogP contribution in [0, 0.1) is 6.92 Å². The van der Waals surface area contributed by atoms with E-state index in [1.165, 1.54) is 5.75 Å². The van der Waals surface area contributed by atoms with E-state index in [1.54, 1.807) is 0 Å². The average Bonchev–Trinajstić information content (AvgIpc) is 2.74. The number of halogens is 1. The summed E-state index contributed by atoms with van der Waals surface area (Å²) in [5.41, 5.74) is 1.83. The van der Waals surface area contributed by atoms with Crippen molar-refractivity contribution in [2.45, 2.75) is 56.8 Å². The third kappa shape index (κ3) is 3.49. The highest BCUT2D eigenvalue weighted by atomic mass is 35.5. The summed E-state index contributed by atoms with van der Waals surface area (Å²) in [7, 11) is 0. The third-order valence-corrected chi connectivity index (χ3v) is 7.61. The minimum Gasteiger partial charge on any atom is -0.392 e. The molecular weight excluding hydrogens is 312 g/mol. The van der Waals surface area contributed by atoms with Gasteiger partial charge >= 0.3 is 0 Å². The van der Waals surface area contributed by atoms with Gasteiger partial charge in [0.1, 0.15) is 0 Å². The summed E-state index contributed by atoms with van der Waals surface area (Å²) < 4.78 is 1.92. The number of aliphatic hydroxyl groups excluding tert-OH is 1. The van der Waals surface area contributed by atoms with Crippen LogP contribution in [0.5, 0.6) is 0 Å². The van der Waals surface area contributed by atoms with Gasteiger partial charge in [0.2, 0.25) is 0 Å². The summed E-state index contributed by atoms with van der Waals surface area (Å²) >= 11 is 10.2. The Kier molecular flexibility index (Phi) is 6.14. The van der Waals surface area contributed by atoms with E-state index >= 15 is 0 Å². The Bertz CT molecular complexity index is 453. The molecule has 20 heavy (non-hydrogen) atoms. The van der Waals surface area contributed by atoms with Crippen LogP contribution < -0.4 is 0 Å². The number of aromatic nitrogens is 2. The van der Waals surface area contributed by atoms with Gasteiger partial charge in [0.25, 0.3) is 0 Å². The van der Waals surface area contributed by atoms with Gasteiger partial charge in [0, 0.05) is 35.0 Å². The zero-order valence-corrected chi connectivity index (χ0v) is 14.7. The molecule has 114 valence electrons. The Morgan fingerprint density at radius 2 is 2.10 bits per heavy atom. The Morgan fingerprint density at radius 1 is 1.40 bits per heavy atom. The van der Waals surface area contributed by atoms with Gasteiger partial charge in [-0.1, -0.05) is 18.5 Å². The Balaban J connectivity index is 2.12. The van der Waals surface area contributed by atoms with Crippen molar-refractivity contribution in [1.29, 1.82) is 0 Å². The highest BCUT2D eigenvalue weighted by Gasteiger charge is 2.32. The van der Waals surface area contributed by atoms with E-state index in [9.17, 15) is 5.11 Å². The summed E-state index contributed by atoms with van der Waals surface area (Å²) in [6.45, 7) is 6.97. The monoisotopic (exact) mass is 334 g/mol. The number of aliphatic hydroxyl groups is 1. The van der Waals surface area contributed by atoms with Crippen LogP contribution in [0.25, 0.3) is 0 Å². The number of hydrogen-bond donors (Lipinski definition) is 1. The second kappa shape index (κ2) is 7.43. The zero-order chi connectivity index (χ0) is 14.7. The molecule has 1 aromatic rings. The lowest BCUT2D eigenvalue weighted by atomic mass is 10.1. The average molecular weight is 335 g/mol. The van der Waals surface area contributed by atoms with Crippen LogP contribution in [0.1, 0.15) is 31.7 Å². The highest BCUT2D eigenvalue weighted by Crippen LogP contribution is 2.36. The molecule has 1 N–H and O–H groups in total. The van der Waals surface area contributed by atoms with Crippen LogP contribution in [0.2, 0.25) is 5.02 Å². The molecular formula is C14H23ClN2OS2. The first-order valence-corrected chi connectivity index (χ1v) is 9.69. The first kappa shape index (κ1) is 16.5. The molecule has 1 aliphatic rings. The smallest absolute Gasteiger partial charge is 0.0848 e. The molecule has 1 fully saturated rings. The van der Waals surface area contributed by atoms with E-state index in [4.69, 9.17) is 11.6 Å². The molecule has 0 radical (unpaired) electrons. The predicted octanol–water partition coefficient (Wildman–Crippen LogP) is 3.40. The Labute approximate surface area is 134 Å². The maximum Gasteiger partial charge on any atom is 0.0848 e. The SMILES string of the molecule is CCC1SCCSC1C(O)Cc1c(Cl)c(C)nn1CC. The molecule has 2 heterocycles. The van der Waals surface area contributed by atoms with Gasteiger partial charge in [-0.2, -0.15) is 28.6 Å². The van der Waals surface area contributed by atoms with Crippen LogP contribution in [-0.2, 0) is 13.0 Å². The standard InChI is InChI=1S/C14H23ClN2OS2/c1-4-12-14(20-7-6-19-12)11(18)8-10-13(15)9(3)16-17(10)5-2/h11-12,14,18H,4-8H2,1-3H3. The third-order valence-electron chi connectivity index (χ3n) is 3.73. The lowest BCUT2D eigenvalue weighted by molar-refractivity contribution is 0.166. The van der Waals surface area contributed by atoms with Crippen LogP contribution in [0.3, 0.4) is 0 Å². The molecule has 3 unspecified atom stereocenters. The largest absolute Gasteiger partial charge is 0.392 e. The second-order valence-corrected chi connectivity index (χ2v) is 8.10. The number of nitrogens with zero attached hydrogens (tertiary/aromatic N) is 2. The summed E-state index contributed by atoms with van der Waals surface area (Å²) in [6.07, 6.45) is 1.36. The fourth-order valence-electron chi connectivity index (χ4n) is 2.67. The molecule has 1 aromatic heterocycles. The molecule has 0 amide bonds.